The fourth-order valence-corrected chi connectivity index (χ4v) is 1.82. The Kier molecular flexibility index (Phi) is 9.02. The molecule has 0 rings (SSSR count). The summed E-state index contributed by atoms with van der Waals surface area (Å²) in [5.41, 5.74) is -0.754. The minimum absolute atomic E-state index is 0.207. The quantitative estimate of drug-likeness (QED) is 0.484. The van der Waals surface area contributed by atoms with Crippen molar-refractivity contribution in [1.29, 1.82) is 0 Å². The Bertz CT molecular complexity index is 231. The van der Waals surface area contributed by atoms with E-state index < -0.39 is 5.54 Å². The molecule has 0 saturated heterocycles. The van der Waals surface area contributed by atoms with Crippen LogP contribution in [0.2, 0.25) is 0 Å². The van der Waals surface area contributed by atoms with Crippen molar-refractivity contribution in [2.45, 2.75) is 65.5 Å². The van der Waals surface area contributed by atoms with Gasteiger partial charge >= 0.3 is 5.97 Å². The lowest BCUT2D eigenvalue weighted by Crippen LogP contribution is -2.56. The second kappa shape index (κ2) is 9.34. The van der Waals surface area contributed by atoms with Gasteiger partial charge in [0.05, 0.1) is 13.2 Å². The number of hydrogen-bond acceptors (Lipinski definition) is 4. The number of carbonyl (C=O) groups is 1. The maximum Gasteiger partial charge on any atom is 0.328 e. The molecule has 1 unspecified atom stereocenters. The summed E-state index contributed by atoms with van der Waals surface area (Å²) in [6.07, 6.45) is 3.37. The van der Waals surface area contributed by atoms with E-state index in [1.54, 1.807) is 0 Å². The van der Waals surface area contributed by atoms with Gasteiger partial charge in [0.25, 0.3) is 0 Å². The van der Waals surface area contributed by atoms with E-state index in [0.29, 0.717) is 19.8 Å². The highest BCUT2D eigenvalue weighted by atomic mass is 16.5. The molecule has 0 bridgehead atoms. The smallest absolute Gasteiger partial charge is 0.328 e. The van der Waals surface area contributed by atoms with Gasteiger partial charge in [-0.15, -0.1) is 0 Å². The summed E-state index contributed by atoms with van der Waals surface area (Å²) >= 11 is 0. The van der Waals surface area contributed by atoms with Crippen molar-refractivity contribution in [3.8, 4) is 0 Å². The molecule has 4 heteroatoms. The van der Waals surface area contributed by atoms with Crippen molar-refractivity contribution in [2.24, 2.45) is 0 Å². The first-order valence-electron chi connectivity index (χ1n) is 6.99. The number of hydrogen-bond donors (Lipinski definition) is 1. The Morgan fingerprint density at radius 2 is 1.94 bits per heavy atom. The number of ether oxygens (including phenoxy) is 2. The molecule has 0 saturated carbocycles. The number of carbonyl (C=O) groups excluding carboxylic acids is 1. The molecule has 0 aromatic rings. The normalized spacial score (nSPS) is 14.6. The van der Waals surface area contributed by atoms with Crippen LogP contribution in [0.15, 0.2) is 0 Å². The average Bonchev–Trinajstić information content (AvgIpc) is 2.28. The van der Waals surface area contributed by atoms with Crippen LogP contribution in [0.25, 0.3) is 0 Å². The molecule has 18 heavy (non-hydrogen) atoms. The van der Waals surface area contributed by atoms with Gasteiger partial charge in [0, 0.05) is 12.6 Å². The summed E-state index contributed by atoms with van der Waals surface area (Å²) in [7, 11) is 0. The van der Waals surface area contributed by atoms with Crippen LogP contribution in [0.3, 0.4) is 0 Å². The van der Waals surface area contributed by atoms with Crippen LogP contribution in [0.5, 0.6) is 0 Å². The van der Waals surface area contributed by atoms with Crippen molar-refractivity contribution in [1.82, 2.24) is 5.32 Å². The topological polar surface area (TPSA) is 47.6 Å². The van der Waals surface area contributed by atoms with Crippen LogP contribution < -0.4 is 5.32 Å². The zero-order chi connectivity index (χ0) is 14.0. The number of rotatable bonds is 10. The second-order valence-electron chi connectivity index (χ2n) is 5.11. The Labute approximate surface area is 111 Å². The molecule has 0 aliphatic rings. The highest BCUT2D eigenvalue weighted by Crippen LogP contribution is 2.10. The van der Waals surface area contributed by atoms with Gasteiger partial charge in [0.15, 0.2) is 0 Å². The largest absolute Gasteiger partial charge is 0.465 e. The molecule has 0 amide bonds. The average molecular weight is 259 g/mol. The van der Waals surface area contributed by atoms with Crippen LogP contribution in [0, 0.1) is 0 Å². The SMILES string of the molecule is CCCCCOCC(C)(NC(C)C)C(=O)OCC. The lowest BCUT2D eigenvalue weighted by molar-refractivity contribution is -0.153. The number of nitrogens with one attached hydrogen (secondary N) is 1. The molecule has 0 spiro atoms. The van der Waals surface area contributed by atoms with Gasteiger partial charge in [-0.1, -0.05) is 19.8 Å². The summed E-state index contributed by atoms with van der Waals surface area (Å²) in [4.78, 5) is 12.0. The van der Waals surface area contributed by atoms with Gasteiger partial charge in [0.2, 0.25) is 0 Å². The van der Waals surface area contributed by atoms with E-state index in [0.717, 1.165) is 12.8 Å². The minimum atomic E-state index is -0.754. The summed E-state index contributed by atoms with van der Waals surface area (Å²) in [6.45, 7) is 11.3. The molecule has 0 aromatic heterocycles. The monoisotopic (exact) mass is 259 g/mol. The van der Waals surface area contributed by atoms with Crippen molar-refractivity contribution < 1.29 is 14.3 Å². The van der Waals surface area contributed by atoms with E-state index in [9.17, 15) is 4.79 Å². The van der Waals surface area contributed by atoms with Gasteiger partial charge in [-0.25, -0.2) is 4.79 Å². The Balaban J connectivity index is 4.25. The van der Waals surface area contributed by atoms with Crippen molar-refractivity contribution >= 4 is 5.97 Å². The molecule has 0 fully saturated rings. The van der Waals surface area contributed by atoms with Crippen molar-refractivity contribution in [3.05, 3.63) is 0 Å². The van der Waals surface area contributed by atoms with Crippen LogP contribution in [-0.2, 0) is 14.3 Å². The van der Waals surface area contributed by atoms with E-state index in [2.05, 4.69) is 12.2 Å². The molecule has 0 aliphatic heterocycles. The Morgan fingerprint density at radius 1 is 1.28 bits per heavy atom. The maximum absolute atomic E-state index is 12.0. The fraction of sp³-hybridized carbons (Fsp3) is 0.929. The van der Waals surface area contributed by atoms with E-state index >= 15 is 0 Å². The molecule has 4 nitrogen and oxygen atoms in total. The molecule has 1 N–H and O–H groups in total. The molecule has 0 aromatic carbocycles. The Hall–Kier alpha value is -0.610. The first-order valence-corrected chi connectivity index (χ1v) is 6.99. The molecular formula is C14H29NO3. The summed E-state index contributed by atoms with van der Waals surface area (Å²) < 4.78 is 10.7. The highest BCUT2D eigenvalue weighted by molar-refractivity contribution is 5.80. The fourth-order valence-electron chi connectivity index (χ4n) is 1.82. The van der Waals surface area contributed by atoms with E-state index in [1.165, 1.54) is 6.42 Å². The summed E-state index contributed by atoms with van der Waals surface area (Å²) in [5.74, 6) is -0.241. The molecular weight excluding hydrogens is 230 g/mol. The van der Waals surface area contributed by atoms with E-state index in [-0.39, 0.29) is 12.0 Å². The van der Waals surface area contributed by atoms with Crippen LogP contribution >= 0.6 is 0 Å². The highest BCUT2D eigenvalue weighted by Gasteiger charge is 2.35. The third kappa shape index (κ3) is 6.97. The van der Waals surface area contributed by atoms with Gasteiger partial charge in [0.1, 0.15) is 5.54 Å². The summed E-state index contributed by atoms with van der Waals surface area (Å²) in [6, 6.07) is 0.207. The lowest BCUT2D eigenvalue weighted by atomic mass is 10.0. The number of unbranched alkanes of at least 4 members (excludes halogenated alkanes) is 2. The predicted molar refractivity (Wildman–Crippen MR) is 73.7 cm³/mol. The maximum atomic E-state index is 12.0. The van der Waals surface area contributed by atoms with Gasteiger partial charge in [-0.05, 0) is 34.1 Å². The van der Waals surface area contributed by atoms with Crippen LogP contribution in [0.1, 0.15) is 53.9 Å². The predicted octanol–water partition coefficient (Wildman–Crippen LogP) is 2.51. The van der Waals surface area contributed by atoms with Gasteiger partial charge in [-0.3, -0.25) is 5.32 Å². The minimum Gasteiger partial charge on any atom is -0.465 e. The third-order valence-corrected chi connectivity index (χ3v) is 2.62. The van der Waals surface area contributed by atoms with Crippen molar-refractivity contribution in [3.63, 3.8) is 0 Å². The lowest BCUT2D eigenvalue weighted by Gasteiger charge is -2.30. The summed E-state index contributed by atoms with van der Waals surface area (Å²) in [5, 5.41) is 3.23. The van der Waals surface area contributed by atoms with Crippen molar-refractivity contribution in [2.75, 3.05) is 19.8 Å². The van der Waals surface area contributed by atoms with Gasteiger partial charge in [-0.2, -0.15) is 0 Å². The first-order chi connectivity index (χ1) is 8.46. The molecule has 108 valence electrons. The molecule has 0 radical (unpaired) electrons. The van der Waals surface area contributed by atoms with E-state index in [1.807, 2.05) is 27.7 Å². The van der Waals surface area contributed by atoms with Crippen LogP contribution in [-0.4, -0.2) is 37.4 Å². The Morgan fingerprint density at radius 3 is 2.44 bits per heavy atom. The first kappa shape index (κ1) is 17.4. The van der Waals surface area contributed by atoms with Gasteiger partial charge < -0.3 is 9.47 Å². The standard InChI is InChI=1S/C14H29NO3/c1-6-8-9-10-17-11-14(5,15-12(3)4)13(16)18-7-2/h12,15H,6-11H2,1-5H3. The zero-order valence-corrected chi connectivity index (χ0v) is 12.5. The molecule has 1 atom stereocenters. The molecule has 0 aliphatic carbocycles. The third-order valence-electron chi connectivity index (χ3n) is 2.62. The zero-order valence-electron chi connectivity index (χ0n) is 12.5. The molecule has 0 heterocycles. The number of esters is 1. The second-order valence-corrected chi connectivity index (χ2v) is 5.11. The van der Waals surface area contributed by atoms with Crippen LogP contribution in [0.4, 0.5) is 0 Å². The van der Waals surface area contributed by atoms with E-state index in [4.69, 9.17) is 9.47 Å².